The summed E-state index contributed by atoms with van der Waals surface area (Å²) < 4.78 is 0. The lowest BCUT2D eigenvalue weighted by molar-refractivity contribution is 0.0809. The number of thiocarbonyl (C=S) groups is 1. The Kier molecular flexibility index (Phi) is 5.37. The minimum absolute atomic E-state index is 0.126. The first-order valence-corrected chi connectivity index (χ1v) is 8.37. The molecule has 0 atom stereocenters. The third kappa shape index (κ3) is 3.70. The number of thiophene rings is 1. The highest BCUT2D eigenvalue weighted by Gasteiger charge is 2.24. The molecule has 1 fully saturated rings. The van der Waals surface area contributed by atoms with Gasteiger partial charge in [0.15, 0.2) is 5.11 Å². The average molecular weight is 311 g/mol. The Bertz CT molecular complexity index is 481. The molecule has 6 heteroatoms. The molecule has 1 saturated carbocycles. The van der Waals surface area contributed by atoms with Crippen LogP contribution in [-0.4, -0.2) is 22.1 Å². The molecule has 0 aliphatic heterocycles. The van der Waals surface area contributed by atoms with Crippen LogP contribution >= 0.6 is 23.6 Å². The first kappa shape index (κ1) is 15.3. The third-order valence-electron chi connectivity index (χ3n) is 3.66. The van der Waals surface area contributed by atoms with Crippen LogP contribution in [0.25, 0.3) is 0 Å². The van der Waals surface area contributed by atoms with Crippen LogP contribution in [0.5, 0.6) is 0 Å². The molecule has 0 saturated heterocycles. The van der Waals surface area contributed by atoms with E-state index in [4.69, 9.17) is 18.0 Å². The van der Waals surface area contributed by atoms with Crippen LogP contribution in [0.4, 0.5) is 0 Å². The Morgan fingerprint density at radius 3 is 2.75 bits per heavy atom. The van der Waals surface area contributed by atoms with Gasteiger partial charge in [0.25, 0.3) is 5.91 Å². The van der Waals surface area contributed by atoms with Crippen LogP contribution < -0.4 is 11.2 Å². The van der Waals surface area contributed by atoms with E-state index in [2.05, 4.69) is 12.3 Å². The molecule has 0 bridgehead atoms. The van der Waals surface area contributed by atoms with Crippen molar-refractivity contribution in [3.63, 3.8) is 0 Å². The van der Waals surface area contributed by atoms with E-state index < -0.39 is 0 Å². The smallest absolute Gasteiger partial charge is 0.270 e. The standard InChI is InChI=1S/C14H21N3OS2/c1-2-12-8-10(9-20-12)13(18)16-17(14(15)19)11-6-4-3-5-7-11/h8-9,11H,2-7H2,1H3,(H2,15,19)(H,16,18). The highest BCUT2D eigenvalue weighted by atomic mass is 32.1. The van der Waals surface area contributed by atoms with E-state index >= 15 is 0 Å². The number of hydrazine groups is 1. The molecular formula is C14H21N3OS2. The number of amides is 1. The topological polar surface area (TPSA) is 58.4 Å². The van der Waals surface area contributed by atoms with Crippen LogP contribution in [0, 0.1) is 0 Å². The maximum atomic E-state index is 12.3. The van der Waals surface area contributed by atoms with E-state index in [1.54, 1.807) is 16.3 Å². The quantitative estimate of drug-likeness (QED) is 0.666. The zero-order valence-electron chi connectivity index (χ0n) is 11.7. The minimum atomic E-state index is -0.126. The van der Waals surface area contributed by atoms with Gasteiger partial charge in [-0.15, -0.1) is 11.3 Å². The fourth-order valence-corrected chi connectivity index (χ4v) is 3.53. The highest BCUT2D eigenvalue weighted by Crippen LogP contribution is 2.22. The molecule has 110 valence electrons. The number of hydrogen-bond acceptors (Lipinski definition) is 3. The first-order chi connectivity index (χ1) is 9.61. The zero-order valence-corrected chi connectivity index (χ0v) is 13.4. The molecule has 0 aromatic carbocycles. The van der Waals surface area contributed by atoms with E-state index in [1.807, 2.05) is 11.4 Å². The van der Waals surface area contributed by atoms with Gasteiger partial charge in [-0.05, 0) is 37.5 Å². The molecule has 4 nitrogen and oxygen atoms in total. The van der Waals surface area contributed by atoms with Gasteiger partial charge in [-0.1, -0.05) is 26.2 Å². The largest absolute Gasteiger partial charge is 0.375 e. The summed E-state index contributed by atoms with van der Waals surface area (Å²) in [4.78, 5) is 13.5. The predicted octanol–water partition coefficient (Wildman–Crippen LogP) is 2.83. The van der Waals surface area contributed by atoms with Crippen LogP contribution in [0.15, 0.2) is 11.4 Å². The normalized spacial score (nSPS) is 15.8. The Labute approximate surface area is 129 Å². The second-order valence-corrected chi connectivity index (χ2v) is 6.51. The maximum absolute atomic E-state index is 12.3. The highest BCUT2D eigenvalue weighted by molar-refractivity contribution is 7.80. The molecule has 3 N–H and O–H groups in total. The minimum Gasteiger partial charge on any atom is -0.375 e. The summed E-state index contributed by atoms with van der Waals surface area (Å²) in [6.45, 7) is 2.08. The van der Waals surface area contributed by atoms with Crippen LogP contribution in [0.3, 0.4) is 0 Å². The molecule has 0 unspecified atom stereocenters. The number of nitrogens with zero attached hydrogens (tertiary/aromatic N) is 1. The molecule has 1 heterocycles. The SMILES string of the molecule is CCc1cc(C(=O)NN(C(N)=S)C2CCCCC2)cs1. The van der Waals surface area contributed by atoms with Crippen molar-refractivity contribution in [3.8, 4) is 0 Å². The Morgan fingerprint density at radius 2 is 2.20 bits per heavy atom. The lowest BCUT2D eigenvalue weighted by atomic mass is 9.95. The van der Waals surface area contributed by atoms with Crippen molar-refractivity contribution >= 4 is 34.6 Å². The predicted molar refractivity (Wildman–Crippen MR) is 86.7 cm³/mol. The van der Waals surface area contributed by atoms with Gasteiger partial charge in [-0.3, -0.25) is 15.2 Å². The molecular weight excluding hydrogens is 290 g/mol. The summed E-state index contributed by atoms with van der Waals surface area (Å²) in [6, 6.07) is 2.16. The Morgan fingerprint density at radius 1 is 1.50 bits per heavy atom. The number of aryl methyl sites for hydroxylation is 1. The molecule has 1 aliphatic rings. The van der Waals surface area contributed by atoms with Gasteiger partial charge < -0.3 is 5.73 Å². The van der Waals surface area contributed by atoms with Crippen LogP contribution in [0.1, 0.15) is 54.3 Å². The zero-order chi connectivity index (χ0) is 14.5. The molecule has 0 spiro atoms. The molecule has 20 heavy (non-hydrogen) atoms. The second kappa shape index (κ2) is 7.04. The fraction of sp³-hybridized carbons (Fsp3) is 0.571. The lowest BCUT2D eigenvalue weighted by Crippen LogP contribution is -2.54. The van der Waals surface area contributed by atoms with Gasteiger partial charge in [0, 0.05) is 10.3 Å². The van der Waals surface area contributed by atoms with Crippen LogP contribution in [-0.2, 0) is 6.42 Å². The summed E-state index contributed by atoms with van der Waals surface area (Å²) in [5.74, 6) is -0.126. The van der Waals surface area contributed by atoms with Gasteiger partial charge in [0.1, 0.15) is 0 Å². The van der Waals surface area contributed by atoms with Gasteiger partial charge in [-0.25, -0.2) is 0 Å². The van der Waals surface area contributed by atoms with E-state index in [9.17, 15) is 4.79 Å². The van der Waals surface area contributed by atoms with Crippen molar-refractivity contribution in [2.24, 2.45) is 5.73 Å². The van der Waals surface area contributed by atoms with Crippen molar-refractivity contribution in [1.82, 2.24) is 10.4 Å². The van der Waals surface area contributed by atoms with Crippen molar-refractivity contribution < 1.29 is 4.79 Å². The monoisotopic (exact) mass is 311 g/mol. The summed E-state index contributed by atoms with van der Waals surface area (Å²) >= 11 is 6.69. The van der Waals surface area contributed by atoms with Crippen molar-refractivity contribution in [2.75, 3.05) is 0 Å². The van der Waals surface area contributed by atoms with Gasteiger partial charge >= 0.3 is 0 Å². The van der Waals surface area contributed by atoms with E-state index in [0.717, 1.165) is 32.1 Å². The summed E-state index contributed by atoms with van der Waals surface area (Å²) in [5, 5.41) is 3.81. The van der Waals surface area contributed by atoms with Crippen LogP contribution in [0.2, 0.25) is 0 Å². The van der Waals surface area contributed by atoms with E-state index in [1.165, 1.54) is 11.3 Å². The van der Waals surface area contributed by atoms with Gasteiger partial charge in [0.05, 0.1) is 11.6 Å². The van der Waals surface area contributed by atoms with E-state index in [-0.39, 0.29) is 17.1 Å². The molecule has 1 amide bonds. The van der Waals surface area contributed by atoms with Crippen molar-refractivity contribution in [1.29, 1.82) is 0 Å². The summed E-state index contributed by atoms with van der Waals surface area (Å²) in [6.07, 6.45) is 6.58. The second-order valence-electron chi connectivity index (χ2n) is 5.10. The molecule has 1 aliphatic carbocycles. The number of nitrogens with one attached hydrogen (secondary N) is 1. The Hall–Kier alpha value is -1.14. The third-order valence-corrected chi connectivity index (χ3v) is 4.94. The number of carbonyl (C=O) groups is 1. The number of carbonyl (C=O) groups excluding carboxylic acids is 1. The van der Waals surface area contributed by atoms with Gasteiger partial charge in [0.2, 0.25) is 0 Å². The maximum Gasteiger partial charge on any atom is 0.270 e. The lowest BCUT2D eigenvalue weighted by Gasteiger charge is -2.34. The molecule has 1 aromatic rings. The first-order valence-electron chi connectivity index (χ1n) is 7.09. The van der Waals surface area contributed by atoms with Crippen molar-refractivity contribution in [2.45, 2.75) is 51.5 Å². The van der Waals surface area contributed by atoms with Crippen molar-refractivity contribution in [3.05, 3.63) is 21.9 Å². The molecule has 2 rings (SSSR count). The number of hydrogen-bond donors (Lipinski definition) is 2. The molecule has 1 aromatic heterocycles. The summed E-state index contributed by atoms with van der Waals surface area (Å²) in [7, 11) is 0. The number of rotatable bonds is 3. The Balaban J connectivity index is 2.03. The number of nitrogens with two attached hydrogens (primary N) is 1. The summed E-state index contributed by atoms with van der Waals surface area (Å²) in [5.41, 5.74) is 9.33. The van der Waals surface area contributed by atoms with Gasteiger partial charge in [-0.2, -0.15) is 0 Å². The average Bonchev–Trinajstić information content (AvgIpc) is 2.94. The molecule has 0 radical (unpaired) electrons. The fourth-order valence-electron chi connectivity index (χ4n) is 2.52. The van der Waals surface area contributed by atoms with E-state index in [0.29, 0.717) is 5.56 Å².